The van der Waals surface area contributed by atoms with Crippen molar-refractivity contribution < 1.29 is 22.8 Å². The number of aromatic nitrogens is 2. The average Bonchev–Trinajstić information content (AvgIpc) is 3.60. The Balaban J connectivity index is 1.28. The minimum absolute atomic E-state index is 0.0402. The van der Waals surface area contributed by atoms with E-state index in [2.05, 4.69) is 20.2 Å². The van der Waals surface area contributed by atoms with Gasteiger partial charge >= 0.3 is 6.18 Å². The fraction of sp³-hybridized carbons (Fsp3) is 0.364. The van der Waals surface area contributed by atoms with Crippen LogP contribution in [0.1, 0.15) is 62.0 Å². The lowest BCUT2D eigenvalue weighted by molar-refractivity contribution is -0.138. The molecule has 1 aliphatic rings. The van der Waals surface area contributed by atoms with Gasteiger partial charge in [0.2, 0.25) is 0 Å². The van der Waals surface area contributed by atoms with Crippen LogP contribution in [-0.2, 0) is 25.6 Å². The van der Waals surface area contributed by atoms with E-state index in [1.807, 2.05) is 44.1 Å². The second-order valence-corrected chi connectivity index (χ2v) is 11.6. The Morgan fingerprint density at radius 1 is 1.07 bits per heavy atom. The number of benzene rings is 2. The number of carbonyl (C=O) groups is 2. The van der Waals surface area contributed by atoms with Gasteiger partial charge in [-0.05, 0) is 98.9 Å². The summed E-state index contributed by atoms with van der Waals surface area (Å²) in [7, 11) is 3.96. The maximum absolute atomic E-state index is 14.1. The molecule has 1 aliphatic heterocycles. The van der Waals surface area contributed by atoms with Crippen molar-refractivity contribution in [3.63, 3.8) is 0 Å². The molecule has 3 heterocycles. The first-order chi connectivity index (χ1) is 20.4. The molecule has 4 aromatic rings. The summed E-state index contributed by atoms with van der Waals surface area (Å²) in [5.74, 6) is -0.649. The lowest BCUT2D eigenvalue weighted by Gasteiger charge is -2.22. The number of likely N-dealkylation sites (N-methyl/N-ethyl adjacent to an activating group) is 1. The number of nitrogens with zero attached hydrogens (tertiary/aromatic N) is 3. The normalized spacial score (nSPS) is 15.9. The van der Waals surface area contributed by atoms with Crippen LogP contribution in [0.5, 0.6) is 0 Å². The number of nitrogens with one attached hydrogen (secondary N) is 2. The molecule has 2 aromatic heterocycles. The Kier molecular flexibility index (Phi) is 8.71. The first kappa shape index (κ1) is 30.4. The lowest BCUT2D eigenvalue weighted by Crippen LogP contribution is -2.31. The number of alkyl halides is 3. The first-order valence-electron chi connectivity index (χ1n) is 14.4. The number of likely N-dealkylation sites (tertiary alicyclic amines) is 1. The summed E-state index contributed by atoms with van der Waals surface area (Å²) in [6.07, 6.45) is -0.533. The summed E-state index contributed by atoms with van der Waals surface area (Å²) in [4.78, 5) is 36.3. The number of ketones is 1. The van der Waals surface area contributed by atoms with Crippen LogP contribution in [0.3, 0.4) is 0 Å². The van der Waals surface area contributed by atoms with Crippen molar-refractivity contribution in [2.45, 2.75) is 51.9 Å². The van der Waals surface area contributed by atoms with Gasteiger partial charge in [0.05, 0.1) is 11.3 Å². The third kappa shape index (κ3) is 7.14. The summed E-state index contributed by atoms with van der Waals surface area (Å²) < 4.78 is 42.2. The van der Waals surface area contributed by atoms with Crippen molar-refractivity contribution in [1.82, 2.24) is 19.8 Å². The third-order valence-corrected chi connectivity index (χ3v) is 8.25. The Morgan fingerprint density at radius 3 is 2.56 bits per heavy atom. The monoisotopic (exact) mass is 591 g/mol. The van der Waals surface area contributed by atoms with Crippen molar-refractivity contribution in [2.75, 3.05) is 32.5 Å². The van der Waals surface area contributed by atoms with Crippen molar-refractivity contribution in [1.29, 1.82) is 0 Å². The number of hydrogen-bond acceptors (Lipinski definition) is 5. The minimum atomic E-state index is -4.57. The summed E-state index contributed by atoms with van der Waals surface area (Å²) >= 11 is 0. The summed E-state index contributed by atoms with van der Waals surface area (Å²) in [5.41, 5.74) is 4.08. The Hall–Kier alpha value is -4.02. The van der Waals surface area contributed by atoms with E-state index < -0.39 is 17.6 Å². The third-order valence-electron chi connectivity index (χ3n) is 8.25. The highest BCUT2D eigenvalue weighted by atomic mass is 19.4. The molecule has 2 aromatic carbocycles. The molecule has 1 fully saturated rings. The Bertz CT molecular complexity index is 1660. The maximum atomic E-state index is 14.1. The molecule has 1 amide bonds. The van der Waals surface area contributed by atoms with Gasteiger partial charge in [-0.1, -0.05) is 12.1 Å². The molecule has 0 unspecified atom stereocenters. The number of rotatable bonds is 9. The van der Waals surface area contributed by atoms with Gasteiger partial charge in [-0.15, -0.1) is 0 Å². The number of H-pyrrole nitrogens is 1. The number of pyridine rings is 1. The van der Waals surface area contributed by atoms with Crippen molar-refractivity contribution in [3.8, 4) is 0 Å². The highest BCUT2D eigenvalue weighted by Gasteiger charge is 2.35. The SMILES string of the molecule is CC(=O)c1cc2cc(CCc3cc(NC(=O)c4ccc(CN5CC[C@H](N(C)C)C5)c(C(F)(F)F)c4)ccc3C)cnc2[nH]1. The predicted octanol–water partition coefficient (Wildman–Crippen LogP) is 6.27. The molecule has 226 valence electrons. The van der Waals surface area contributed by atoms with E-state index in [1.54, 1.807) is 18.3 Å². The zero-order valence-corrected chi connectivity index (χ0v) is 24.8. The van der Waals surface area contributed by atoms with Crippen LogP contribution in [-0.4, -0.2) is 64.7 Å². The lowest BCUT2D eigenvalue weighted by atomic mass is 10.00. The molecule has 7 nitrogen and oxygen atoms in total. The summed E-state index contributed by atoms with van der Waals surface area (Å²) in [6, 6.07) is 13.5. The molecular formula is C33H36F3N5O2. The van der Waals surface area contributed by atoms with E-state index in [-0.39, 0.29) is 23.5 Å². The van der Waals surface area contributed by atoms with Gasteiger partial charge in [-0.2, -0.15) is 13.2 Å². The minimum Gasteiger partial charge on any atom is -0.337 e. The Morgan fingerprint density at radius 2 is 1.86 bits per heavy atom. The highest BCUT2D eigenvalue weighted by Crippen LogP contribution is 2.34. The van der Waals surface area contributed by atoms with Gasteiger partial charge < -0.3 is 15.2 Å². The van der Waals surface area contributed by atoms with Gasteiger partial charge in [0, 0.05) is 55.4 Å². The van der Waals surface area contributed by atoms with Crippen molar-refractivity contribution >= 4 is 28.4 Å². The van der Waals surface area contributed by atoms with Gasteiger partial charge in [0.1, 0.15) is 5.65 Å². The standard InChI is InChI=1S/C33H36F3N5O2/c1-20-5-10-27(14-23(20)7-6-22-13-26-16-30(21(2)42)39-31(26)37-17-22)38-32(43)24-8-9-25(29(15-24)33(34,35)36)18-41-12-11-28(19-41)40(3)4/h5,8-10,13-17,28H,6-7,11-12,18-19H2,1-4H3,(H,37,39)(H,38,43)/t28-/m0/s1. The number of aryl methyl sites for hydroxylation is 3. The van der Waals surface area contributed by atoms with Crippen LogP contribution in [0.2, 0.25) is 0 Å². The number of aromatic amines is 1. The Labute approximate surface area is 249 Å². The first-order valence-corrected chi connectivity index (χ1v) is 14.4. The number of fused-ring (bicyclic) bond motifs is 1. The summed E-state index contributed by atoms with van der Waals surface area (Å²) in [5, 5.41) is 3.64. The molecule has 2 N–H and O–H groups in total. The smallest absolute Gasteiger partial charge is 0.337 e. The van der Waals surface area contributed by atoms with E-state index in [4.69, 9.17) is 0 Å². The molecule has 1 atom stereocenters. The molecule has 0 saturated carbocycles. The van der Waals surface area contributed by atoms with Gasteiger partial charge in [0.15, 0.2) is 5.78 Å². The number of hydrogen-bond donors (Lipinski definition) is 2. The molecule has 0 radical (unpaired) electrons. The van der Waals surface area contributed by atoms with E-state index in [0.717, 1.165) is 41.1 Å². The molecule has 0 spiro atoms. The maximum Gasteiger partial charge on any atom is 0.416 e. The van der Waals surface area contributed by atoms with Crippen LogP contribution in [0.25, 0.3) is 11.0 Å². The van der Waals surface area contributed by atoms with Gasteiger partial charge in [-0.25, -0.2) is 4.98 Å². The molecule has 1 saturated heterocycles. The molecule has 10 heteroatoms. The molecule has 5 rings (SSSR count). The van der Waals surface area contributed by atoms with Crippen LogP contribution in [0, 0.1) is 6.92 Å². The van der Waals surface area contributed by atoms with Crippen molar-refractivity contribution in [3.05, 3.63) is 93.8 Å². The number of anilines is 1. The van der Waals surface area contributed by atoms with Crippen LogP contribution in [0.15, 0.2) is 54.7 Å². The van der Waals surface area contributed by atoms with Gasteiger partial charge in [0.25, 0.3) is 5.91 Å². The quantitative estimate of drug-likeness (QED) is 0.225. The molecular weight excluding hydrogens is 555 g/mol. The zero-order chi connectivity index (χ0) is 30.9. The average molecular weight is 592 g/mol. The van der Waals surface area contributed by atoms with Crippen LogP contribution < -0.4 is 5.32 Å². The predicted molar refractivity (Wildman–Crippen MR) is 161 cm³/mol. The van der Waals surface area contributed by atoms with Crippen LogP contribution >= 0.6 is 0 Å². The zero-order valence-electron chi connectivity index (χ0n) is 24.8. The van der Waals surface area contributed by atoms with Gasteiger partial charge in [-0.3, -0.25) is 14.5 Å². The number of halogens is 3. The number of Topliss-reactive ketones (excluding diaryl/α,β-unsaturated/α-hetero) is 1. The fourth-order valence-corrected chi connectivity index (χ4v) is 5.63. The molecule has 0 bridgehead atoms. The van der Waals surface area contributed by atoms with E-state index in [1.165, 1.54) is 19.1 Å². The topological polar surface area (TPSA) is 81.3 Å². The fourth-order valence-electron chi connectivity index (χ4n) is 5.63. The summed E-state index contributed by atoms with van der Waals surface area (Å²) in [6.45, 7) is 5.10. The van der Waals surface area contributed by atoms with E-state index in [0.29, 0.717) is 42.5 Å². The molecule has 0 aliphatic carbocycles. The van der Waals surface area contributed by atoms with E-state index in [9.17, 15) is 22.8 Å². The number of amides is 1. The van der Waals surface area contributed by atoms with Crippen molar-refractivity contribution in [2.24, 2.45) is 0 Å². The second kappa shape index (κ2) is 12.3. The molecule has 43 heavy (non-hydrogen) atoms. The highest BCUT2D eigenvalue weighted by molar-refractivity contribution is 6.04. The largest absolute Gasteiger partial charge is 0.416 e. The second-order valence-electron chi connectivity index (χ2n) is 11.6. The van der Waals surface area contributed by atoms with Crippen LogP contribution in [0.4, 0.5) is 18.9 Å². The van der Waals surface area contributed by atoms with E-state index >= 15 is 0 Å². The number of carbonyl (C=O) groups excluding carboxylic acids is 2.